The maximum absolute atomic E-state index is 10.5. The summed E-state index contributed by atoms with van der Waals surface area (Å²) >= 11 is 3.93. The fraction of sp³-hybridized carbons (Fsp3) is 0. The van der Waals surface area contributed by atoms with Crippen LogP contribution in [0.15, 0.2) is 22.6 Å². The molecule has 0 aromatic carbocycles. The van der Waals surface area contributed by atoms with Crippen LogP contribution in [0.4, 0.5) is 0 Å². The summed E-state index contributed by atoms with van der Waals surface area (Å²) in [6, 6.07) is 0. The molecule has 1 rings (SSSR count). The summed E-state index contributed by atoms with van der Waals surface area (Å²) in [5, 5.41) is 2.20. The summed E-state index contributed by atoms with van der Waals surface area (Å²) in [5.41, 5.74) is 0. The molecule has 0 radical (unpaired) electrons. The molecule has 2 nitrogen and oxygen atoms in total. The van der Waals surface area contributed by atoms with Crippen LogP contribution in [-0.4, -0.2) is 4.21 Å². The Morgan fingerprint density at radius 1 is 1.75 bits per heavy atom. The van der Waals surface area contributed by atoms with E-state index in [1.165, 1.54) is 0 Å². The lowest BCUT2D eigenvalue weighted by atomic mass is 10.6. The molecule has 0 fully saturated rings. The predicted octanol–water partition coefficient (Wildman–Crippen LogP) is 0.538. The first-order chi connectivity index (χ1) is 3.79. The van der Waals surface area contributed by atoms with Gasteiger partial charge in [-0.25, -0.2) is 4.21 Å². The quantitative estimate of drug-likeness (QED) is 0.481. The van der Waals surface area contributed by atoms with Crippen LogP contribution in [-0.2, 0) is 11.0 Å². The molecule has 8 heavy (non-hydrogen) atoms. The Morgan fingerprint density at radius 3 is 2.88 bits per heavy atom. The molecule has 0 bridgehead atoms. The number of rotatable bonds is 0. The molecule has 1 aliphatic rings. The third-order valence-electron chi connectivity index (χ3n) is 0.661. The van der Waals surface area contributed by atoms with Crippen molar-refractivity contribution in [3.8, 4) is 0 Å². The second-order valence-electron chi connectivity index (χ2n) is 1.28. The van der Waals surface area contributed by atoms with Gasteiger partial charge in [0.25, 0.3) is 0 Å². The molecule has 0 saturated heterocycles. The Kier molecular flexibility index (Phi) is 1.75. The van der Waals surface area contributed by atoms with Crippen LogP contribution < -0.4 is 4.72 Å². The third kappa shape index (κ3) is 1.38. The highest BCUT2D eigenvalue weighted by Crippen LogP contribution is 2.01. The van der Waals surface area contributed by atoms with Crippen LogP contribution in [0.25, 0.3) is 0 Å². The molecule has 0 aliphatic carbocycles. The Bertz CT molecular complexity index is 173. The summed E-state index contributed by atoms with van der Waals surface area (Å²) < 4.78 is 13.1. The molecule has 1 heterocycles. The van der Waals surface area contributed by atoms with Gasteiger partial charge in [0.1, 0.15) is 11.0 Å². The molecule has 0 saturated carbocycles. The van der Waals surface area contributed by atoms with Crippen LogP contribution in [0, 0.1) is 0 Å². The zero-order valence-corrected chi connectivity index (χ0v) is 5.71. The highest BCUT2D eigenvalue weighted by molar-refractivity contribution is 7.89. The van der Waals surface area contributed by atoms with Crippen LogP contribution in [0.2, 0.25) is 0 Å². The van der Waals surface area contributed by atoms with E-state index < -0.39 is 11.0 Å². The molecule has 1 N–H and O–H groups in total. The molecule has 44 valence electrons. The monoisotopic (exact) mass is 147 g/mol. The second kappa shape index (κ2) is 2.37. The van der Waals surface area contributed by atoms with E-state index in [2.05, 4.69) is 17.4 Å². The van der Waals surface area contributed by atoms with Crippen molar-refractivity contribution in [2.45, 2.75) is 0 Å². The lowest BCUT2D eigenvalue weighted by molar-refractivity contribution is 0.684. The summed E-state index contributed by atoms with van der Waals surface area (Å²) in [4.78, 5) is 0. The largest absolute Gasteiger partial charge is 0.296 e. The molecule has 0 aromatic rings. The highest BCUT2D eigenvalue weighted by atomic mass is 32.2. The van der Waals surface area contributed by atoms with Gasteiger partial charge in [-0.15, -0.1) is 12.6 Å². The van der Waals surface area contributed by atoms with Crippen molar-refractivity contribution in [1.82, 2.24) is 4.72 Å². The van der Waals surface area contributed by atoms with E-state index in [1.54, 1.807) is 17.6 Å². The number of hydrogen-bond acceptors (Lipinski definition) is 2. The summed E-state index contributed by atoms with van der Waals surface area (Å²) in [6.45, 7) is 0. The summed E-state index contributed by atoms with van der Waals surface area (Å²) in [7, 11) is -1.05. The van der Waals surface area contributed by atoms with E-state index in [9.17, 15) is 4.21 Å². The van der Waals surface area contributed by atoms with Gasteiger partial charge in [0, 0.05) is 5.41 Å². The minimum absolute atomic E-state index is 0.644. The molecular weight excluding hydrogens is 142 g/mol. The third-order valence-corrected chi connectivity index (χ3v) is 1.90. The molecule has 0 amide bonds. The molecule has 1 atom stereocenters. The lowest BCUT2D eigenvalue weighted by Crippen LogP contribution is -2.12. The van der Waals surface area contributed by atoms with Gasteiger partial charge in [-0.3, -0.25) is 4.72 Å². The van der Waals surface area contributed by atoms with Gasteiger partial charge in [0.15, 0.2) is 0 Å². The van der Waals surface area contributed by atoms with Crippen LogP contribution in [0.1, 0.15) is 0 Å². The first-order valence-electron chi connectivity index (χ1n) is 2.04. The van der Waals surface area contributed by atoms with Gasteiger partial charge in [-0.1, -0.05) is 0 Å². The van der Waals surface area contributed by atoms with Gasteiger partial charge in [-0.2, -0.15) is 0 Å². The Morgan fingerprint density at radius 2 is 2.50 bits per heavy atom. The van der Waals surface area contributed by atoms with E-state index in [0.717, 1.165) is 0 Å². The Hall–Kier alpha value is -0.220. The second-order valence-corrected chi connectivity index (χ2v) is 2.83. The first-order valence-corrected chi connectivity index (χ1v) is 3.70. The van der Waals surface area contributed by atoms with Gasteiger partial charge < -0.3 is 0 Å². The van der Waals surface area contributed by atoms with E-state index in [4.69, 9.17) is 0 Å². The van der Waals surface area contributed by atoms with Crippen molar-refractivity contribution in [2.24, 2.45) is 0 Å². The zero-order valence-electron chi connectivity index (χ0n) is 4.00. The molecule has 1 aliphatic heterocycles. The smallest absolute Gasteiger partial charge is 0.143 e. The number of nitrogens with one attached hydrogen (secondary N) is 1. The highest BCUT2D eigenvalue weighted by Gasteiger charge is 1.96. The maximum atomic E-state index is 10.5. The number of allylic oxidation sites excluding steroid dienone is 2. The van der Waals surface area contributed by atoms with Crippen molar-refractivity contribution < 1.29 is 4.21 Å². The first kappa shape index (κ1) is 5.91. The normalized spacial score (nSPS) is 26.6. The van der Waals surface area contributed by atoms with Crippen LogP contribution in [0.3, 0.4) is 0 Å². The van der Waals surface area contributed by atoms with E-state index in [-0.39, 0.29) is 0 Å². The van der Waals surface area contributed by atoms with E-state index >= 15 is 0 Å². The average Bonchev–Trinajstić information content (AvgIpc) is 1.64. The molecule has 0 spiro atoms. The number of hydrogen-bond donors (Lipinski definition) is 2. The zero-order chi connectivity index (χ0) is 5.98. The lowest BCUT2D eigenvalue weighted by Gasteiger charge is -2.02. The van der Waals surface area contributed by atoms with Crippen LogP contribution in [0.5, 0.6) is 0 Å². The SMILES string of the molecule is O=S1C=CC=C(S)N1. The average molecular weight is 147 g/mol. The van der Waals surface area contributed by atoms with Gasteiger partial charge in [-0.05, 0) is 12.2 Å². The summed E-state index contributed by atoms with van der Waals surface area (Å²) in [5.74, 6) is 0. The predicted molar refractivity (Wildman–Crippen MR) is 37.5 cm³/mol. The fourth-order valence-electron chi connectivity index (χ4n) is 0.373. The molecular formula is C4H5NOS2. The maximum Gasteiger partial charge on any atom is 0.143 e. The van der Waals surface area contributed by atoms with Crippen molar-refractivity contribution in [3.63, 3.8) is 0 Å². The minimum atomic E-state index is -1.05. The van der Waals surface area contributed by atoms with Crippen molar-refractivity contribution in [1.29, 1.82) is 0 Å². The summed E-state index contributed by atoms with van der Waals surface area (Å²) in [6.07, 6.45) is 3.44. The molecule has 4 heteroatoms. The van der Waals surface area contributed by atoms with Crippen molar-refractivity contribution in [3.05, 3.63) is 22.6 Å². The Labute approximate surface area is 55.7 Å². The van der Waals surface area contributed by atoms with Gasteiger partial charge in [0.05, 0.1) is 5.03 Å². The van der Waals surface area contributed by atoms with Gasteiger partial charge in [0.2, 0.25) is 0 Å². The topological polar surface area (TPSA) is 29.1 Å². The van der Waals surface area contributed by atoms with Crippen molar-refractivity contribution in [2.75, 3.05) is 0 Å². The fourth-order valence-corrected chi connectivity index (χ4v) is 1.29. The van der Waals surface area contributed by atoms with Gasteiger partial charge >= 0.3 is 0 Å². The van der Waals surface area contributed by atoms with E-state index in [1.807, 2.05) is 0 Å². The minimum Gasteiger partial charge on any atom is -0.296 e. The van der Waals surface area contributed by atoms with E-state index in [0.29, 0.717) is 5.03 Å². The van der Waals surface area contributed by atoms with Crippen LogP contribution >= 0.6 is 12.6 Å². The molecule has 1 unspecified atom stereocenters. The standard InChI is InChI=1S/C4H5NOS2/c6-8-3-1-2-4(7)5-8/h1-3,5,7H. The molecule has 0 aromatic heterocycles. The number of thiol groups is 1. The van der Waals surface area contributed by atoms with Crippen molar-refractivity contribution >= 4 is 23.6 Å². The Balaban J connectivity index is 2.73.